The second kappa shape index (κ2) is 4.87. The first-order chi connectivity index (χ1) is 10.3. The van der Waals surface area contributed by atoms with E-state index in [9.17, 15) is 4.79 Å². The summed E-state index contributed by atoms with van der Waals surface area (Å²) in [6, 6.07) is 7.77. The number of fused-ring (bicyclic) bond motifs is 2. The van der Waals surface area contributed by atoms with Crippen LogP contribution in [0.1, 0.15) is 23.6 Å². The molecule has 0 radical (unpaired) electrons. The molecule has 1 aromatic heterocycles. The summed E-state index contributed by atoms with van der Waals surface area (Å²) in [7, 11) is 0. The number of carbonyl (C=O) groups excluding carboxylic acids is 1. The molecule has 0 aliphatic carbocycles. The SMILES string of the molecule is O=C(NCc1nnc2n1CCC2)[C@H]1Cc2ccccc2O1. The molecule has 2 aliphatic heterocycles. The van der Waals surface area contributed by atoms with Crippen molar-refractivity contribution < 1.29 is 9.53 Å². The first-order valence-corrected chi connectivity index (χ1v) is 7.24. The predicted octanol–water partition coefficient (Wildman–Crippen LogP) is 0.844. The molecule has 4 rings (SSSR count). The third-order valence-electron chi connectivity index (χ3n) is 4.05. The molecule has 1 atom stereocenters. The lowest BCUT2D eigenvalue weighted by molar-refractivity contribution is -0.127. The summed E-state index contributed by atoms with van der Waals surface area (Å²) in [6.45, 7) is 1.35. The zero-order chi connectivity index (χ0) is 14.2. The van der Waals surface area contributed by atoms with Gasteiger partial charge in [0.25, 0.3) is 5.91 Å². The van der Waals surface area contributed by atoms with E-state index in [0.29, 0.717) is 13.0 Å². The molecular weight excluding hydrogens is 268 g/mol. The van der Waals surface area contributed by atoms with Crippen LogP contribution in [0.4, 0.5) is 0 Å². The quantitative estimate of drug-likeness (QED) is 0.907. The van der Waals surface area contributed by atoms with Crippen LogP contribution in [0.25, 0.3) is 0 Å². The van der Waals surface area contributed by atoms with E-state index < -0.39 is 6.10 Å². The van der Waals surface area contributed by atoms with Gasteiger partial charge in [-0.2, -0.15) is 0 Å². The Bertz CT molecular complexity index is 670. The Morgan fingerprint density at radius 1 is 1.38 bits per heavy atom. The molecule has 6 heteroatoms. The van der Waals surface area contributed by atoms with Crippen LogP contribution in [0.15, 0.2) is 24.3 Å². The van der Waals surface area contributed by atoms with Gasteiger partial charge in [0.2, 0.25) is 0 Å². The average molecular weight is 284 g/mol. The second-order valence-corrected chi connectivity index (χ2v) is 5.42. The molecule has 108 valence electrons. The van der Waals surface area contributed by atoms with Gasteiger partial charge in [0.05, 0.1) is 6.54 Å². The lowest BCUT2D eigenvalue weighted by atomic mass is 10.1. The van der Waals surface area contributed by atoms with Crippen LogP contribution < -0.4 is 10.1 Å². The van der Waals surface area contributed by atoms with Crippen molar-refractivity contribution in [2.45, 2.75) is 38.5 Å². The minimum Gasteiger partial charge on any atom is -0.480 e. The molecule has 2 aromatic rings. The zero-order valence-electron chi connectivity index (χ0n) is 11.6. The number of aryl methyl sites for hydroxylation is 1. The van der Waals surface area contributed by atoms with Gasteiger partial charge in [0, 0.05) is 19.4 Å². The van der Waals surface area contributed by atoms with Crippen LogP contribution in [-0.2, 0) is 30.7 Å². The van der Waals surface area contributed by atoms with Crippen LogP contribution >= 0.6 is 0 Å². The third-order valence-corrected chi connectivity index (χ3v) is 4.05. The number of nitrogens with one attached hydrogen (secondary N) is 1. The normalized spacial score (nSPS) is 19.0. The first kappa shape index (κ1) is 12.4. The molecule has 2 aliphatic rings. The second-order valence-electron chi connectivity index (χ2n) is 5.42. The van der Waals surface area contributed by atoms with E-state index in [2.05, 4.69) is 20.1 Å². The number of aromatic nitrogens is 3. The molecular formula is C15H16N4O2. The Labute approximate surface area is 122 Å². The molecule has 1 N–H and O–H groups in total. The number of carbonyl (C=O) groups is 1. The van der Waals surface area contributed by atoms with Gasteiger partial charge in [-0.3, -0.25) is 4.79 Å². The fraction of sp³-hybridized carbons (Fsp3) is 0.400. The lowest BCUT2D eigenvalue weighted by Crippen LogP contribution is -2.37. The summed E-state index contributed by atoms with van der Waals surface area (Å²) >= 11 is 0. The Morgan fingerprint density at radius 2 is 2.29 bits per heavy atom. The van der Waals surface area contributed by atoms with Crippen molar-refractivity contribution in [1.82, 2.24) is 20.1 Å². The van der Waals surface area contributed by atoms with Crippen molar-refractivity contribution in [3.63, 3.8) is 0 Å². The van der Waals surface area contributed by atoms with E-state index in [-0.39, 0.29) is 5.91 Å². The highest BCUT2D eigenvalue weighted by atomic mass is 16.5. The van der Waals surface area contributed by atoms with Gasteiger partial charge < -0.3 is 14.6 Å². The molecule has 0 spiro atoms. The number of nitrogens with zero attached hydrogens (tertiary/aromatic N) is 3. The third kappa shape index (κ3) is 2.16. The molecule has 0 saturated carbocycles. The van der Waals surface area contributed by atoms with Gasteiger partial charge >= 0.3 is 0 Å². The van der Waals surface area contributed by atoms with E-state index >= 15 is 0 Å². The van der Waals surface area contributed by atoms with E-state index in [1.807, 2.05) is 24.3 Å². The average Bonchev–Trinajstić information content (AvgIpc) is 3.19. The maximum Gasteiger partial charge on any atom is 0.261 e. The number of para-hydroxylation sites is 1. The Balaban J connectivity index is 1.39. The Kier molecular flexibility index (Phi) is 2.87. The standard InChI is InChI=1S/C15H16N4O2/c20-15(12-8-10-4-1-2-5-11(10)21-12)16-9-14-18-17-13-6-3-7-19(13)14/h1-2,4-5,12H,3,6-9H2,(H,16,20)/t12-/m1/s1. The number of hydrogen-bond acceptors (Lipinski definition) is 4. The largest absolute Gasteiger partial charge is 0.480 e. The fourth-order valence-electron chi connectivity index (χ4n) is 2.95. The van der Waals surface area contributed by atoms with Crippen molar-refractivity contribution in [3.05, 3.63) is 41.5 Å². The maximum absolute atomic E-state index is 12.2. The summed E-state index contributed by atoms with van der Waals surface area (Å²) in [5.74, 6) is 2.55. The van der Waals surface area contributed by atoms with E-state index in [1.54, 1.807) is 0 Å². The van der Waals surface area contributed by atoms with Crippen LogP contribution in [-0.4, -0.2) is 26.8 Å². The highest BCUT2D eigenvalue weighted by molar-refractivity contribution is 5.82. The number of amides is 1. The monoisotopic (exact) mass is 284 g/mol. The minimum absolute atomic E-state index is 0.0958. The molecule has 6 nitrogen and oxygen atoms in total. The van der Waals surface area contributed by atoms with Gasteiger partial charge in [-0.1, -0.05) is 18.2 Å². The minimum atomic E-state index is -0.441. The number of benzene rings is 1. The first-order valence-electron chi connectivity index (χ1n) is 7.24. The Morgan fingerprint density at radius 3 is 3.19 bits per heavy atom. The van der Waals surface area contributed by atoms with E-state index in [0.717, 1.165) is 42.3 Å². The van der Waals surface area contributed by atoms with Crippen LogP contribution in [0.2, 0.25) is 0 Å². The summed E-state index contributed by atoms with van der Waals surface area (Å²) < 4.78 is 7.76. The highest BCUT2D eigenvalue weighted by Gasteiger charge is 2.29. The van der Waals surface area contributed by atoms with Gasteiger partial charge in [-0.15, -0.1) is 10.2 Å². The summed E-state index contributed by atoms with van der Waals surface area (Å²) in [6.07, 6.45) is 2.26. The van der Waals surface area contributed by atoms with E-state index in [4.69, 9.17) is 4.74 Å². The number of rotatable bonds is 3. The topological polar surface area (TPSA) is 69.0 Å². The van der Waals surface area contributed by atoms with Crippen LogP contribution in [0.5, 0.6) is 5.75 Å². The van der Waals surface area contributed by atoms with Gasteiger partial charge in [-0.05, 0) is 18.1 Å². The van der Waals surface area contributed by atoms with Gasteiger partial charge in [0.1, 0.15) is 11.6 Å². The summed E-state index contributed by atoms with van der Waals surface area (Å²) in [4.78, 5) is 12.2. The summed E-state index contributed by atoms with van der Waals surface area (Å²) in [5.41, 5.74) is 1.08. The number of hydrogen-bond donors (Lipinski definition) is 1. The van der Waals surface area contributed by atoms with Crippen molar-refractivity contribution in [2.24, 2.45) is 0 Å². The van der Waals surface area contributed by atoms with E-state index in [1.165, 1.54) is 0 Å². The smallest absolute Gasteiger partial charge is 0.261 e. The molecule has 0 unspecified atom stereocenters. The van der Waals surface area contributed by atoms with Crippen molar-refractivity contribution in [1.29, 1.82) is 0 Å². The molecule has 3 heterocycles. The van der Waals surface area contributed by atoms with Crippen molar-refractivity contribution in [3.8, 4) is 5.75 Å². The zero-order valence-corrected chi connectivity index (χ0v) is 11.6. The van der Waals surface area contributed by atoms with Crippen LogP contribution in [0, 0.1) is 0 Å². The Hall–Kier alpha value is -2.37. The fourth-order valence-corrected chi connectivity index (χ4v) is 2.95. The van der Waals surface area contributed by atoms with Crippen molar-refractivity contribution in [2.75, 3.05) is 0 Å². The molecule has 21 heavy (non-hydrogen) atoms. The molecule has 0 saturated heterocycles. The molecule has 0 fully saturated rings. The van der Waals surface area contributed by atoms with Crippen molar-refractivity contribution >= 4 is 5.91 Å². The van der Waals surface area contributed by atoms with Gasteiger partial charge in [0.15, 0.2) is 11.9 Å². The highest BCUT2D eigenvalue weighted by Crippen LogP contribution is 2.28. The summed E-state index contributed by atoms with van der Waals surface area (Å²) in [5, 5.41) is 11.2. The molecule has 1 aromatic carbocycles. The maximum atomic E-state index is 12.2. The molecule has 1 amide bonds. The molecule has 0 bridgehead atoms. The lowest BCUT2D eigenvalue weighted by Gasteiger charge is -2.11. The predicted molar refractivity (Wildman–Crippen MR) is 74.8 cm³/mol. The van der Waals surface area contributed by atoms with Crippen LogP contribution in [0.3, 0.4) is 0 Å². The number of ether oxygens (including phenoxy) is 1. The van der Waals surface area contributed by atoms with Gasteiger partial charge in [-0.25, -0.2) is 0 Å².